The van der Waals surface area contributed by atoms with Crippen LogP contribution in [0.5, 0.6) is 0 Å². The Morgan fingerprint density at radius 3 is 2.47 bits per heavy atom. The summed E-state index contributed by atoms with van der Waals surface area (Å²) in [4.78, 5) is 11.4. The Balaban J connectivity index is 2.03. The molecule has 0 radical (unpaired) electrons. The molecular formula is C21H11F3N4O2. The minimum absolute atomic E-state index is 0.102. The molecule has 0 unspecified atom stereocenters. The molecule has 0 bridgehead atoms. The second-order valence-electron chi connectivity index (χ2n) is 6.50. The molecular weight excluding hydrogens is 397 g/mol. The predicted octanol–water partition coefficient (Wildman–Crippen LogP) is 4.29. The van der Waals surface area contributed by atoms with Crippen molar-refractivity contribution in [2.24, 2.45) is 7.05 Å². The van der Waals surface area contributed by atoms with Crippen molar-refractivity contribution in [1.82, 2.24) is 15.0 Å². The first-order valence-corrected chi connectivity index (χ1v) is 8.57. The summed E-state index contributed by atoms with van der Waals surface area (Å²) in [5.74, 6) is -4.40. The Kier molecular flexibility index (Phi) is 4.47. The Morgan fingerprint density at radius 1 is 1.03 bits per heavy atom. The van der Waals surface area contributed by atoms with Gasteiger partial charge in [-0.15, -0.1) is 5.10 Å². The van der Waals surface area contributed by atoms with Gasteiger partial charge in [-0.05, 0) is 47.0 Å². The number of hydrogen-bond acceptors (Lipinski definition) is 4. The van der Waals surface area contributed by atoms with Crippen LogP contribution in [0.2, 0.25) is 0 Å². The van der Waals surface area contributed by atoms with Crippen molar-refractivity contribution in [3.05, 3.63) is 71.0 Å². The van der Waals surface area contributed by atoms with E-state index in [1.54, 1.807) is 6.07 Å². The number of hydrogen-bond donors (Lipinski definition) is 1. The van der Waals surface area contributed by atoms with Gasteiger partial charge in [-0.1, -0.05) is 17.3 Å². The van der Waals surface area contributed by atoms with E-state index in [4.69, 9.17) is 5.26 Å². The van der Waals surface area contributed by atoms with Gasteiger partial charge in [0.15, 0.2) is 11.6 Å². The molecule has 148 valence electrons. The molecule has 0 fully saturated rings. The van der Waals surface area contributed by atoms with Crippen molar-refractivity contribution in [2.75, 3.05) is 0 Å². The van der Waals surface area contributed by atoms with Gasteiger partial charge >= 0.3 is 5.97 Å². The van der Waals surface area contributed by atoms with Crippen LogP contribution in [-0.2, 0) is 7.05 Å². The highest BCUT2D eigenvalue weighted by Gasteiger charge is 2.22. The summed E-state index contributed by atoms with van der Waals surface area (Å²) in [5.41, 5.74) is -0.0448. The molecule has 1 aromatic heterocycles. The van der Waals surface area contributed by atoms with Crippen LogP contribution < -0.4 is 0 Å². The predicted molar refractivity (Wildman–Crippen MR) is 101 cm³/mol. The van der Waals surface area contributed by atoms with Gasteiger partial charge < -0.3 is 5.11 Å². The number of fused-ring (bicyclic) bond motifs is 1. The van der Waals surface area contributed by atoms with E-state index in [1.165, 1.54) is 43.4 Å². The van der Waals surface area contributed by atoms with Gasteiger partial charge in [-0.2, -0.15) is 5.26 Å². The molecule has 0 aliphatic rings. The van der Waals surface area contributed by atoms with Crippen LogP contribution in [0.15, 0.2) is 42.5 Å². The third-order valence-electron chi connectivity index (χ3n) is 4.73. The molecule has 0 amide bonds. The molecule has 3 aromatic carbocycles. The van der Waals surface area contributed by atoms with Gasteiger partial charge in [0.1, 0.15) is 22.9 Å². The minimum Gasteiger partial charge on any atom is -0.478 e. The highest BCUT2D eigenvalue weighted by atomic mass is 19.2. The Morgan fingerprint density at radius 2 is 1.80 bits per heavy atom. The summed E-state index contributed by atoms with van der Waals surface area (Å²) in [6.45, 7) is 0. The third-order valence-corrected chi connectivity index (χ3v) is 4.73. The number of aromatic nitrogens is 3. The quantitative estimate of drug-likeness (QED) is 0.546. The van der Waals surface area contributed by atoms with Crippen LogP contribution in [0.1, 0.15) is 15.9 Å². The zero-order valence-corrected chi connectivity index (χ0v) is 15.3. The van der Waals surface area contributed by atoms with E-state index in [1.807, 2.05) is 0 Å². The molecule has 0 spiro atoms. The van der Waals surface area contributed by atoms with Crippen LogP contribution in [0.3, 0.4) is 0 Å². The summed E-state index contributed by atoms with van der Waals surface area (Å²) in [6, 6.07) is 10.4. The summed E-state index contributed by atoms with van der Waals surface area (Å²) >= 11 is 0. The smallest absolute Gasteiger partial charge is 0.335 e. The van der Waals surface area contributed by atoms with E-state index in [0.29, 0.717) is 0 Å². The summed E-state index contributed by atoms with van der Waals surface area (Å²) in [5, 5.41) is 25.7. The first-order valence-electron chi connectivity index (χ1n) is 8.57. The monoisotopic (exact) mass is 408 g/mol. The van der Waals surface area contributed by atoms with Crippen molar-refractivity contribution < 1.29 is 23.1 Å². The summed E-state index contributed by atoms with van der Waals surface area (Å²) in [6.07, 6.45) is 0. The van der Waals surface area contributed by atoms with E-state index in [2.05, 4.69) is 10.3 Å². The first kappa shape index (κ1) is 19.1. The molecule has 0 atom stereocenters. The molecule has 1 N–H and O–H groups in total. The van der Waals surface area contributed by atoms with E-state index in [9.17, 15) is 23.1 Å². The lowest BCUT2D eigenvalue weighted by molar-refractivity contribution is 0.0697. The van der Waals surface area contributed by atoms with Crippen molar-refractivity contribution in [2.45, 2.75) is 0 Å². The average Bonchev–Trinajstić information content (AvgIpc) is 3.10. The second-order valence-corrected chi connectivity index (χ2v) is 6.50. The highest BCUT2D eigenvalue weighted by Crippen LogP contribution is 2.37. The number of nitrogens with zero attached hydrogens (tertiary/aromatic N) is 4. The maximum Gasteiger partial charge on any atom is 0.335 e. The molecule has 0 saturated carbocycles. The fourth-order valence-corrected chi connectivity index (χ4v) is 3.27. The first-order chi connectivity index (χ1) is 14.3. The highest BCUT2D eigenvalue weighted by molar-refractivity contribution is 5.95. The van der Waals surface area contributed by atoms with E-state index in [-0.39, 0.29) is 44.4 Å². The zero-order chi connectivity index (χ0) is 21.6. The van der Waals surface area contributed by atoms with E-state index < -0.39 is 23.4 Å². The topological polar surface area (TPSA) is 91.8 Å². The fourth-order valence-electron chi connectivity index (χ4n) is 3.27. The zero-order valence-electron chi connectivity index (χ0n) is 15.3. The van der Waals surface area contributed by atoms with Gasteiger partial charge in [0.2, 0.25) is 0 Å². The van der Waals surface area contributed by atoms with Crippen LogP contribution in [0.25, 0.3) is 33.3 Å². The fraction of sp³-hybridized carbons (Fsp3) is 0.0476. The number of halogens is 3. The molecule has 9 heteroatoms. The standard InChI is InChI=1S/C21H11F3N4O2/c1-28-20-17(26-27-28)8-15(18(23)19(20)24)13-5-4-11(21(29)30)6-14(13)10-2-3-12(9-25)16(22)7-10/h2-8H,1H3,(H,29,30). The van der Waals surface area contributed by atoms with Gasteiger partial charge in [-0.25, -0.2) is 22.6 Å². The number of aryl methyl sites for hydroxylation is 1. The lowest BCUT2D eigenvalue weighted by Crippen LogP contribution is -2.00. The molecule has 6 nitrogen and oxygen atoms in total. The number of carbonyl (C=O) groups is 1. The normalized spacial score (nSPS) is 10.9. The van der Waals surface area contributed by atoms with Gasteiger partial charge in [0.25, 0.3) is 0 Å². The number of carboxylic acids is 1. The third kappa shape index (κ3) is 2.95. The molecule has 30 heavy (non-hydrogen) atoms. The maximum absolute atomic E-state index is 15.0. The minimum atomic E-state index is -1.24. The summed E-state index contributed by atoms with van der Waals surface area (Å²) in [7, 11) is 1.42. The van der Waals surface area contributed by atoms with Crippen molar-refractivity contribution in [3.63, 3.8) is 0 Å². The van der Waals surface area contributed by atoms with Crippen LogP contribution >= 0.6 is 0 Å². The van der Waals surface area contributed by atoms with Gasteiger partial charge in [0, 0.05) is 12.6 Å². The number of nitriles is 1. The Hall–Kier alpha value is -4.19. The van der Waals surface area contributed by atoms with Crippen molar-refractivity contribution >= 4 is 17.0 Å². The SMILES string of the molecule is Cn1nnc2cc(-c3ccc(C(=O)O)cc3-c3ccc(C#N)c(F)c3)c(F)c(F)c21. The van der Waals surface area contributed by atoms with Gasteiger partial charge in [0.05, 0.1) is 11.1 Å². The molecule has 4 rings (SSSR count). The Labute approximate surface area is 167 Å². The molecule has 0 aliphatic carbocycles. The van der Waals surface area contributed by atoms with Crippen molar-refractivity contribution in [3.8, 4) is 28.3 Å². The Bertz CT molecular complexity index is 1390. The number of aromatic carboxylic acids is 1. The number of carboxylic acid groups (broad SMARTS) is 1. The van der Waals surface area contributed by atoms with Crippen molar-refractivity contribution in [1.29, 1.82) is 5.26 Å². The molecule has 0 saturated heterocycles. The van der Waals surface area contributed by atoms with Crippen LogP contribution in [0, 0.1) is 28.8 Å². The average molecular weight is 408 g/mol. The number of rotatable bonds is 3. The number of benzene rings is 3. The van der Waals surface area contributed by atoms with Crippen LogP contribution in [-0.4, -0.2) is 26.1 Å². The lowest BCUT2D eigenvalue weighted by atomic mass is 9.91. The van der Waals surface area contributed by atoms with E-state index >= 15 is 0 Å². The maximum atomic E-state index is 15.0. The van der Waals surface area contributed by atoms with E-state index in [0.717, 1.165) is 10.7 Å². The molecule has 0 aliphatic heterocycles. The largest absolute Gasteiger partial charge is 0.478 e. The lowest BCUT2D eigenvalue weighted by Gasteiger charge is -2.13. The second kappa shape index (κ2) is 7.00. The molecule has 4 aromatic rings. The molecule has 1 heterocycles. The summed E-state index contributed by atoms with van der Waals surface area (Å²) < 4.78 is 44.9. The van der Waals surface area contributed by atoms with Crippen LogP contribution in [0.4, 0.5) is 13.2 Å². The van der Waals surface area contributed by atoms with Gasteiger partial charge in [-0.3, -0.25) is 0 Å².